The number of piperidine rings is 1. The van der Waals surface area contributed by atoms with Gasteiger partial charge in [-0.3, -0.25) is 0 Å². The van der Waals surface area contributed by atoms with E-state index in [0.717, 1.165) is 12.1 Å². The number of urea groups is 1. The number of rotatable bonds is 4. The van der Waals surface area contributed by atoms with Gasteiger partial charge in [0.2, 0.25) is 10.0 Å². The van der Waals surface area contributed by atoms with Crippen LogP contribution in [0.5, 0.6) is 0 Å². The highest BCUT2D eigenvalue weighted by atomic mass is 32.2. The number of halogens is 2. The first-order valence-corrected chi connectivity index (χ1v) is 12.7. The maximum absolute atomic E-state index is 14.8. The predicted molar refractivity (Wildman–Crippen MR) is 124 cm³/mol. The van der Waals surface area contributed by atoms with Gasteiger partial charge in [0.05, 0.1) is 17.0 Å². The van der Waals surface area contributed by atoms with Gasteiger partial charge in [-0.15, -0.1) is 0 Å². The molecule has 2 amide bonds. The Balaban J connectivity index is 1.60. The first-order valence-electron chi connectivity index (χ1n) is 11.2. The van der Waals surface area contributed by atoms with E-state index in [4.69, 9.17) is 4.74 Å². The average Bonchev–Trinajstić information content (AvgIpc) is 2.66. The SMILES string of the molecule is C[C@@H]1CN(c2c(F)cc(NC(=O)N3CCC(NS(=O)(=O)C(C)(C)C)CC3)cc2F)C[C@H](C)O1. The number of carbonyl (C=O) groups excluding carboxylic acids is 1. The molecule has 8 nitrogen and oxygen atoms in total. The lowest BCUT2D eigenvalue weighted by molar-refractivity contribution is -0.00557. The molecule has 0 aromatic heterocycles. The average molecular weight is 489 g/mol. The fraction of sp³-hybridized carbons (Fsp3) is 0.682. The first-order chi connectivity index (χ1) is 15.3. The quantitative estimate of drug-likeness (QED) is 0.679. The largest absolute Gasteiger partial charge is 0.372 e. The number of benzene rings is 1. The fourth-order valence-electron chi connectivity index (χ4n) is 4.10. The van der Waals surface area contributed by atoms with Crippen LogP contribution in [0.4, 0.5) is 25.0 Å². The lowest BCUT2D eigenvalue weighted by Crippen LogP contribution is -2.50. The summed E-state index contributed by atoms with van der Waals surface area (Å²) in [6.07, 6.45) is 0.612. The second-order valence-corrected chi connectivity index (χ2v) is 12.3. The van der Waals surface area contributed by atoms with Gasteiger partial charge in [0.25, 0.3) is 0 Å². The van der Waals surface area contributed by atoms with E-state index in [-0.39, 0.29) is 29.6 Å². The van der Waals surface area contributed by atoms with Gasteiger partial charge < -0.3 is 19.9 Å². The Morgan fingerprint density at radius 3 is 2.06 bits per heavy atom. The second-order valence-electron chi connectivity index (χ2n) is 9.88. The number of anilines is 2. The van der Waals surface area contributed by atoms with E-state index >= 15 is 0 Å². The molecule has 0 saturated carbocycles. The van der Waals surface area contributed by atoms with E-state index in [1.165, 1.54) is 4.90 Å². The predicted octanol–water partition coefficient (Wildman–Crippen LogP) is 3.29. The number of sulfonamides is 1. The summed E-state index contributed by atoms with van der Waals surface area (Å²) in [6.45, 7) is 9.99. The topological polar surface area (TPSA) is 91.0 Å². The molecule has 2 aliphatic rings. The van der Waals surface area contributed by atoms with Gasteiger partial charge in [-0.2, -0.15) is 0 Å². The van der Waals surface area contributed by atoms with Crippen LogP contribution in [0, 0.1) is 11.6 Å². The molecule has 1 aromatic carbocycles. The van der Waals surface area contributed by atoms with E-state index in [9.17, 15) is 22.0 Å². The Kier molecular flexibility index (Phi) is 7.55. The number of amides is 2. The van der Waals surface area contributed by atoms with Gasteiger partial charge in [0, 0.05) is 37.9 Å². The molecule has 2 N–H and O–H groups in total. The molecule has 3 rings (SSSR count). The molecule has 1 aromatic rings. The lowest BCUT2D eigenvalue weighted by atomic mass is 10.1. The Bertz CT molecular complexity index is 942. The number of ether oxygens (including phenoxy) is 1. The molecule has 33 heavy (non-hydrogen) atoms. The molecule has 2 saturated heterocycles. The highest BCUT2D eigenvalue weighted by Gasteiger charge is 2.33. The van der Waals surface area contributed by atoms with Crippen molar-refractivity contribution in [3.05, 3.63) is 23.8 Å². The van der Waals surface area contributed by atoms with E-state index in [1.807, 2.05) is 13.8 Å². The Hall–Kier alpha value is -1.98. The van der Waals surface area contributed by atoms with Crippen molar-refractivity contribution in [2.45, 2.75) is 70.5 Å². The van der Waals surface area contributed by atoms with Crippen LogP contribution in [0.25, 0.3) is 0 Å². The molecule has 2 heterocycles. The summed E-state index contributed by atoms with van der Waals surface area (Å²) in [5.74, 6) is -1.50. The molecule has 0 bridgehead atoms. The zero-order chi connectivity index (χ0) is 24.6. The fourth-order valence-corrected chi connectivity index (χ4v) is 5.13. The maximum Gasteiger partial charge on any atom is 0.321 e. The van der Waals surface area contributed by atoms with Gasteiger partial charge >= 0.3 is 6.03 Å². The van der Waals surface area contributed by atoms with Gasteiger partial charge in [-0.05, 0) is 59.6 Å². The monoisotopic (exact) mass is 488 g/mol. The zero-order valence-electron chi connectivity index (χ0n) is 19.8. The van der Waals surface area contributed by atoms with Crippen molar-refractivity contribution in [3.8, 4) is 0 Å². The molecule has 0 unspecified atom stereocenters. The van der Waals surface area contributed by atoms with E-state index < -0.39 is 32.4 Å². The van der Waals surface area contributed by atoms with E-state index in [2.05, 4.69) is 10.0 Å². The summed E-state index contributed by atoms with van der Waals surface area (Å²) in [6, 6.07) is 1.49. The molecule has 2 aliphatic heterocycles. The lowest BCUT2D eigenvalue weighted by Gasteiger charge is -2.37. The van der Waals surface area contributed by atoms with E-state index in [0.29, 0.717) is 39.0 Å². The Morgan fingerprint density at radius 2 is 1.58 bits per heavy atom. The zero-order valence-corrected chi connectivity index (χ0v) is 20.6. The summed E-state index contributed by atoms with van der Waals surface area (Å²) in [5, 5.41) is 2.55. The summed E-state index contributed by atoms with van der Waals surface area (Å²) >= 11 is 0. The number of hydrogen-bond acceptors (Lipinski definition) is 5. The molecule has 0 aliphatic carbocycles. The van der Waals surface area contributed by atoms with Crippen LogP contribution in [0.3, 0.4) is 0 Å². The number of nitrogens with one attached hydrogen (secondary N) is 2. The van der Waals surface area contributed by atoms with Crippen LogP contribution in [0.2, 0.25) is 0 Å². The summed E-state index contributed by atoms with van der Waals surface area (Å²) in [5.41, 5.74) is -0.0920. The van der Waals surface area contributed by atoms with Gasteiger partial charge in [-0.25, -0.2) is 26.7 Å². The third kappa shape index (κ3) is 6.13. The van der Waals surface area contributed by atoms with Crippen LogP contribution in [-0.4, -0.2) is 68.5 Å². The molecular formula is C22H34F2N4O4S. The maximum atomic E-state index is 14.8. The van der Waals surface area contributed by atoms with Crippen molar-refractivity contribution in [1.82, 2.24) is 9.62 Å². The minimum atomic E-state index is -3.48. The number of carbonyl (C=O) groups is 1. The molecular weight excluding hydrogens is 454 g/mol. The third-order valence-electron chi connectivity index (χ3n) is 5.91. The minimum Gasteiger partial charge on any atom is -0.372 e. The van der Waals surface area contributed by atoms with Crippen LogP contribution >= 0.6 is 0 Å². The molecule has 2 fully saturated rings. The molecule has 186 valence electrons. The summed E-state index contributed by atoms with van der Waals surface area (Å²) in [7, 11) is -3.48. The van der Waals surface area contributed by atoms with Crippen molar-refractivity contribution < 1.29 is 26.7 Å². The Labute approximate surface area is 194 Å². The Morgan fingerprint density at radius 1 is 1.06 bits per heavy atom. The van der Waals surface area contributed by atoms with Crippen LogP contribution in [0.15, 0.2) is 12.1 Å². The number of nitrogens with zero attached hydrogens (tertiary/aromatic N) is 2. The van der Waals surface area contributed by atoms with E-state index in [1.54, 1.807) is 25.7 Å². The number of likely N-dealkylation sites (tertiary alicyclic amines) is 1. The molecule has 0 spiro atoms. The van der Waals surface area contributed by atoms with Gasteiger partial charge in [0.1, 0.15) is 5.69 Å². The van der Waals surface area contributed by atoms with Gasteiger partial charge in [0.15, 0.2) is 11.6 Å². The second kappa shape index (κ2) is 9.71. The van der Waals surface area contributed by atoms with Crippen molar-refractivity contribution in [1.29, 1.82) is 0 Å². The normalized spacial score (nSPS) is 23.0. The number of morpholine rings is 1. The van der Waals surface area contributed by atoms with Gasteiger partial charge in [-0.1, -0.05) is 0 Å². The highest BCUT2D eigenvalue weighted by molar-refractivity contribution is 7.90. The smallest absolute Gasteiger partial charge is 0.321 e. The van der Waals surface area contributed by atoms with Crippen molar-refractivity contribution in [2.75, 3.05) is 36.4 Å². The van der Waals surface area contributed by atoms with Crippen molar-refractivity contribution in [3.63, 3.8) is 0 Å². The molecule has 2 atom stereocenters. The van der Waals surface area contributed by atoms with Crippen molar-refractivity contribution >= 4 is 27.4 Å². The highest BCUT2D eigenvalue weighted by Crippen LogP contribution is 2.30. The minimum absolute atomic E-state index is 0.0312. The van der Waals surface area contributed by atoms with Crippen LogP contribution in [-0.2, 0) is 14.8 Å². The summed E-state index contributed by atoms with van der Waals surface area (Å²) in [4.78, 5) is 15.8. The molecule has 11 heteroatoms. The molecule has 0 radical (unpaired) electrons. The summed E-state index contributed by atoms with van der Waals surface area (Å²) < 4.78 is 61.7. The standard InChI is InChI=1S/C22H34F2N4O4S/c1-14-12-28(13-15(2)32-14)20-18(23)10-17(11-19(20)24)25-21(29)27-8-6-16(7-9-27)26-33(30,31)22(3,4)5/h10-11,14-16,26H,6-9,12-13H2,1-5H3,(H,25,29)/t14-,15+. The first kappa shape index (κ1) is 25.6. The van der Waals surface area contributed by atoms with Crippen LogP contribution in [0.1, 0.15) is 47.5 Å². The van der Waals surface area contributed by atoms with Crippen molar-refractivity contribution in [2.24, 2.45) is 0 Å². The van der Waals surface area contributed by atoms with Crippen LogP contribution < -0.4 is 14.9 Å². The third-order valence-corrected chi connectivity index (χ3v) is 8.17. The number of hydrogen-bond donors (Lipinski definition) is 2.